The molecule has 2 aromatic carbocycles. The number of nitrogen functional groups attached to an aromatic ring is 1. The van der Waals surface area contributed by atoms with E-state index in [9.17, 15) is 5.26 Å². The molecule has 0 bridgehead atoms. The first-order chi connectivity index (χ1) is 9.69. The summed E-state index contributed by atoms with van der Waals surface area (Å²) >= 11 is 3.47. The van der Waals surface area contributed by atoms with Crippen LogP contribution in [0.25, 0.3) is 10.9 Å². The molecule has 0 spiro atoms. The molecule has 0 aliphatic heterocycles. The van der Waals surface area contributed by atoms with Gasteiger partial charge in [-0.3, -0.25) is 0 Å². The molecule has 3 rings (SSSR count). The lowest BCUT2D eigenvalue weighted by Gasteiger charge is -2.09. The van der Waals surface area contributed by atoms with Crippen LogP contribution in [-0.2, 0) is 0 Å². The van der Waals surface area contributed by atoms with Gasteiger partial charge in [0.2, 0.25) is 0 Å². The van der Waals surface area contributed by atoms with Crippen molar-refractivity contribution >= 4 is 32.5 Å². The Morgan fingerprint density at radius 2 is 1.90 bits per heavy atom. The summed E-state index contributed by atoms with van der Waals surface area (Å²) in [5.74, 6) is -0.307. The molecule has 3 N–H and O–H groups in total. The zero-order valence-electron chi connectivity index (χ0n) is 10.6. The minimum absolute atomic E-state index is 0.307. The molecule has 1 aromatic heterocycles. The van der Waals surface area contributed by atoms with E-state index in [4.69, 9.17) is 5.73 Å². The van der Waals surface area contributed by atoms with Crippen molar-refractivity contribution in [1.29, 1.82) is 5.26 Å². The SMILES string of the molecule is N#CC(c1ccc(N)cc1)c1c[nH]c2ccc(Br)cc12. The van der Waals surface area contributed by atoms with Gasteiger partial charge in [-0.25, -0.2) is 0 Å². The molecule has 0 radical (unpaired) electrons. The Balaban J connectivity index is 2.14. The summed E-state index contributed by atoms with van der Waals surface area (Å²) < 4.78 is 1.000. The van der Waals surface area contributed by atoms with E-state index in [0.29, 0.717) is 5.69 Å². The van der Waals surface area contributed by atoms with Crippen LogP contribution < -0.4 is 5.73 Å². The molecule has 0 saturated carbocycles. The Morgan fingerprint density at radius 3 is 2.60 bits per heavy atom. The smallest absolute Gasteiger partial charge is 0.0983 e. The Labute approximate surface area is 125 Å². The monoisotopic (exact) mass is 325 g/mol. The fourth-order valence-electron chi connectivity index (χ4n) is 2.37. The first-order valence-electron chi connectivity index (χ1n) is 6.20. The van der Waals surface area contributed by atoms with Crippen LogP contribution in [0.5, 0.6) is 0 Å². The van der Waals surface area contributed by atoms with Crippen LogP contribution in [0.4, 0.5) is 5.69 Å². The second-order valence-electron chi connectivity index (χ2n) is 4.66. The quantitative estimate of drug-likeness (QED) is 0.694. The number of nitrogens with zero attached hydrogens (tertiary/aromatic N) is 1. The molecule has 4 heteroatoms. The largest absolute Gasteiger partial charge is 0.399 e. The van der Waals surface area contributed by atoms with Gasteiger partial charge in [0.05, 0.1) is 12.0 Å². The van der Waals surface area contributed by atoms with E-state index < -0.39 is 0 Å². The van der Waals surface area contributed by atoms with Gasteiger partial charge < -0.3 is 10.7 Å². The zero-order valence-corrected chi connectivity index (χ0v) is 12.2. The number of hydrogen-bond donors (Lipinski definition) is 2. The molecule has 1 unspecified atom stereocenters. The highest BCUT2D eigenvalue weighted by atomic mass is 79.9. The van der Waals surface area contributed by atoms with Gasteiger partial charge in [-0.2, -0.15) is 5.26 Å². The van der Waals surface area contributed by atoms with Crippen LogP contribution in [0, 0.1) is 11.3 Å². The molecule has 1 heterocycles. The maximum atomic E-state index is 9.54. The maximum absolute atomic E-state index is 9.54. The number of hydrogen-bond acceptors (Lipinski definition) is 2. The minimum Gasteiger partial charge on any atom is -0.399 e. The lowest BCUT2D eigenvalue weighted by atomic mass is 9.92. The molecule has 3 aromatic rings. The first kappa shape index (κ1) is 12.8. The van der Waals surface area contributed by atoms with Crippen molar-refractivity contribution in [1.82, 2.24) is 4.98 Å². The van der Waals surface area contributed by atoms with Crippen molar-refractivity contribution in [2.45, 2.75) is 5.92 Å². The number of nitrogens with one attached hydrogen (secondary N) is 1. The zero-order chi connectivity index (χ0) is 14.1. The molecule has 3 nitrogen and oxygen atoms in total. The van der Waals surface area contributed by atoms with Crippen molar-refractivity contribution in [2.75, 3.05) is 5.73 Å². The standard InChI is InChI=1S/C16H12BrN3/c17-11-3-6-16-13(7-11)15(9-20-16)14(8-18)10-1-4-12(19)5-2-10/h1-7,9,14,20H,19H2. The Bertz CT molecular complexity index is 797. The van der Waals surface area contributed by atoms with Crippen LogP contribution in [0.1, 0.15) is 17.0 Å². The van der Waals surface area contributed by atoms with Gasteiger partial charge in [-0.15, -0.1) is 0 Å². The number of H-pyrrole nitrogens is 1. The summed E-state index contributed by atoms with van der Waals surface area (Å²) in [7, 11) is 0. The Hall–Kier alpha value is -2.25. The molecule has 0 saturated heterocycles. The maximum Gasteiger partial charge on any atom is 0.0983 e. The van der Waals surface area contributed by atoms with Crippen molar-refractivity contribution in [3.63, 3.8) is 0 Å². The second-order valence-corrected chi connectivity index (χ2v) is 5.58. The van der Waals surface area contributed by atoms with Crippen LogP contribution in [0.15, 0.2) is 53.1 Å². The van der Waals surface area contributed by atoms with E-state index in [-0.39, 0.29) is 5.92 Å². The highest BCUT2D eigenvalue weighted by Gasteiger charge is 2.17. The fourth-order valence-corrected chi connectivity index (χ4v) is 2.73. The van der Waals surface area contributed by atoms with Crippen molar-refractivity contribution in [2.24, 2.45) is 0 Å². The molecule has 0 aliphatic rings. The van der Waals surface area contributed by atoms with Gasteiger partial charge in [0.1, 0.15) is 0 Å². The van der Waals surface area contributed by atoms with Crippen LogP contribution in [0.2, 0.25) is 0 Å². The van der Waals surface area contributed by atoms with Crippen molar-refractivity contribution in [3.8, 4) is 6.07 Å². The summed E-state index contributed by atoms with van der Waals surface area (Å²) in [5, 5.41) is 10.6. The number of benzene rings is 2. The molecule has 98 valence electrons. The number of halogens is 1. The van der Waals surface area contributed by atoms with Crippen LogP contribution in [-0.4, -0.2) is 4.98 Å². The number of aromatic nitrogens is 1. The second kappa shape index (κ2) is 5.03. The molecule has 0 fully saturated rings. The van der Waals surface area contributed by atoms with Gasteiger partial charge in [-0.05, 0) is 41.5 Å². The summed E-state index contributed by atoms with van der Waals surface area (Å²) in [4.78, 5) is 3.21. The highest BCUT2D eigenvalue weighted by molar-refractivity contribution is 9.10. The molecular formula is C16H12BrN3. The summed E-state index contributed by atoms with van der Waals surface area (Å²) in [6, 6.07) is 15.8. The topological polar surface area (TPSA) is 65.6 Å². The third-order valence-electron chi connectivity index (χ3n) is 3.39. The van der Waals surface area contributed by atoms with Crippen molar-refractivity contribution < 1.29 is 0 Å². The molecule has 0 aliphatic carbocycles. The number of fused-ring (bicyclic) bond motifs is 1. The summed E-state index contributed by atoms with van der Waals surface area (Å²) in [6.07, 6.45) is 1.90. The lowest BCUT2D eigenvalue weighted by molar-refractivity contribution is 1.05. The lowest BCUT2D eigenvalue weighted by Crippen LogP contribution is -1.97. The fraction of sp³-hybridized carbons (Fsp3) is 0.0625. The summed E-state index contributed by atoms with van der Waals surface area (Å²) in [6.45, 7) is 0. The Kier molecular flexibility index (Phi) is 3.21. The minimum atomic E-state index is -0.307. The van der Waals surface area contributed by atoms with Crippen LogP contribution in [0.3, 0.4) is 0 Å². The van der Waals surface area contributed by atoms with E-state index in [1.807, 2.05) is 48.7 Å². The molecule has 1 atom stereocenters. The number of nitriles is 1. The van der Waals surface area contributed by atoms with Gasteiger partial charge in [0.15, 0.2) is 0 Å². The normalized spacial score (nSPS) is 12.2. The number of anilines is 1. The van der Waals surface area contributed by atoms with E-state index in [1.165, 1.54) is 0 Å². The average molecular weight is 326 g/mol. The van der Waals surface area contributed by atoms with Gasteiger partial charge in [-0.1, -0.05) is 28.1 Å². The third kappa shape index (κ3) is 2.17. The number of nitrogens with two attached hydrogens (primary N) is 1. The highest BCUT2D eigenvalue weighted by Crippen LogP contribution is 2.32. The van der Waals surface area contributed by atoms with E-state index in [0.717, 1.165) is 26.5 Å². The number of aromatic amines is 1. The van der Waals surface area contributed by atoms with E-state index >= 15 is 0 Å². The Morgan fingerprint density at radius 1 is 1.15 bits per heavy atom. The average Bonchev–Trinajstić information content (AvgIpc) is 2.85. The predicted octanol–water partition coefficient (Wildman–Crippen LogP) is 4.17. The van der Waals surface area contributed by atoms with Gasteiger partial charge >= 0.3 is 0 Å². The van der Waals surface area contributed by atoms with Gasteiger partial charge in [0.25, 0.3) is 0 Å². The molecule has 20 heavy (non-hydrogen) atoms. The predicted molar refractivity (Wildman–Crippen MR) is 84.3 cm³/mol. The number of rotatable bonds is 2. The molecular weight excluding hydrogens is 314 g/mol. The van der Waals surface area contributed by atoms with Crippen molar-refractivity contribution in [3.05, 3.63) is 64.3 Å². The summed E-state index contributed by atoms with van der Waals surface area (Å²) in [5.41, 5.74) is 9.36. The van der Waals surface area contributed by atoms with Crippen LogP contribution >= 0.6 is 15.9 Å². The molecule has 0 amide bonds. The van der Waals surface area contributed by atoms with E-state index in [1.54, 1.807) is 0 Å². The van der Waals surface area contributed by atoms with Gasteiger partial charge in [0, 0.05) is 27.3 Å². The third-order valence-corrected chi connectivity index (χ3v) is 3.88. The first-order valence-corrected chi connectivity index (χ1v) is 7.00. The van der Waals surface area contributed by atoms with E-state index in [2.05, 4.69) is 27.0 Å².